The molecule has 144 valence electrons. The number of benzene rings is 2. The van der Waals surface area contributed by atoms with Crippen molar-refractivity contribution >= 4 is 5.97 Å². The molecule has 1 aliphatic rings. The number of rotatable bonds is 6. The Labute approximate surface area is 164 Å². The molecular weight excluding hydrogens is 332 g/mol. The van der Waals surface area contributed by atoms with Crippen molar-refractivity contribution in [3.8, 4) is 5.75 Å². The van der Waals surface area contributed by atoms with Crippen molar-refractivity contribution in [2.75, 3.05) is 0 Å². The molecule has 0 saturated heterocycles. The normalized spacial score (nSPS) is 20.9. The first-order valence-electron chi connectivity index (χ1n) is 10.5. The highest BCUT2D eigenvalue weighted by Gasteiger charge is 2.20. The lowest BCUT2D eigenvalue weighted by Gasteiger charge is -2.26. The Kier molecular flexibility index (Phi) is 6.71. The zero-order valence-corrected chi connectivity index (χ0v) is 16.9. The van der Waals surface area contributed by atoms with Crippen LogP contribution in [0.25, 0.3) is 0 Å². The van der Waals surface area contributed by atoms with Crippen LogP contribution in [0.15, 0.2) is 48.5 Å². The third-order valence-corrected chi connectivity index (χ3v) is 6.05. The molecule has 27 heavy (non-hydrogen) atoms. The summed E-state index contributed by atoms with van der Waals surface area (Å²) < 4.78 is 5.55. The fraction of sp³-hybridized carbons (Fsp3) is 0.480. The second kappa shape index (κ2) is 9.21. The number of hydrogen-bond acceptors (Lipinski definition) is 2. The third-order valence-electron chi connectivity index (χ3n) is 6.05. The molecule has 0 spiro atoms. The summed E-state index contributed by atoms with van der Waals surface area (Å²) in [6.07, 6.45) is 7.36. The monoisotopic (exact) mass is 364 g/mol. The first kappa shape index (κ1) is 19.7. The predicted octanol–water partition coefficient (Wildman–Crippen LogP) is 6.79. The third kappa shape index (κ3) is 5.45. The largest absolute Gasteiger partial charge is 0.423 e. The Balaban J connectivity index is 1.57. The summed E-state index contributed by atoms with van der Waals surface area (Å²) in [5, 5.41) is 0. The maximum atomic E-state index is 12.4. The van der Waals surface area contributed by atoms with Crippen LogP contribution in [0, 0.1) is 11.8 Å². The van der Waals surface area contributed by atoms with E-state index in [0.717, 1.165) is 12.3 Å². The van der Waals surface area contributed by atoms with E-state index in [9.17, 15) is 4.79 Å². The van der Waals surface area contributed by atoms with Crippen LogP contribution in [-0.4, -0.2) is 5.97 Å². The van der Waals surface area contributed by atoms with E-state index in [1.54, 1.807) is 0 Å². The van der Waals surface area contributed by atoms with Gasteiger partial charge in [-0.25, -0.2) is 4.79 Å². The van der Waals surface area contributed by atoms with Crippen LogP contribution in [0.5, 0.6) is 5.75 Å². The molecule has 1 saturated carbocycles. The fourth-order valence-corrected chi connectivity index (χ4v) is 3.89. The maximum absolute atomic E-state index is 12.4. The van der Waals surface area contributed by atoms with Gasteiger partial charge in [-0.05, 0) is 72.4 Å². The van der Waals surface area contributed by atoms with Crippen LogP contribution >= 0.6 is 0 Å². The van der Waals surface area contributed by atoms with Gasteiger partial charge in [-0.2, -0.15) is 0 Å². The first-order chi connectivity index (χ1) is 13.0. The van der Waals surface area contributed by atoms with Gasteiger partial charge in [0.25, 0.3) is 0 Å². The average Bonchev–Trinajstić information content (AvgIpc) is 2.70. The molecule has 0 aromatic heterocycles. The van der Waals surface area contributed by atoms with Crippen LogP contribution in [0.2, 0.25) is 0 Å². The molecule has 1 fully saturated rings. The summed E-state index contributed by atoms with van der Waals surface area (Å²) in [7, 11) is 0. The number of carbonyl (C=O) groups is 1. The predicted molar refractivity (Wildman–Crippen MR) is 111 cm³/mol. The molecule has 0 bridgehead atoms. The van der Waals surface area contributed by atoms with Crippen molar-refractivity contribution in [1.29, 1.82) is 0 Å². The molecule has 1 unspecified atom stereocenters. The van der Waals surface area contributed by atoms with E-state index in [1.807, 2.05) is 24.3 Å². The minimum absolute atomic E-state index is 0.284. The summed E-state index contributed by atoms with van der Waals surface area (Å²) >= 11 is 0. The molecule has 1 aliphatic carbocycles. The van der Waals surface area contributed by atoms with Gasteiger partial charge in [0.05, 0.1) is 5.56 Å². The fourth-order valence-electron chi connectivity index (χ4n) is 3.89. The highest BCUT2D eigenvalue weighted by Crippen LogP contribution is 2.35. The van der Waals surface area contributed by atoms with Gasteiger partial charge in [0.1, 0.15) is 5.75 Å². The Bertz CT molecular complexity index is 722. The van der Waals surface area contributed by atoms with Crippen molar-refractivity contribution in [2.45, 2.75) is 65.2 Å². The summed E-state index contributed by atoms with van der Waals surface area (Å²) in [6.45, 7) is 6.80. The number of esters is 1. The van der Waals surface area contributed by atoms with E-state index < -0.39 is 0 Å². The van der Waals surface area contributed by atoms with Gasteiger partial charge in [0.15, 0.2) is 0 Å². The molecule has 3 rings (SSSR count). The van der Waals surface area contributed by atoms with Crippen LogP contribution in [-0.2, 0) is 6.42 Å². The standard InChI is InChI=1S/C25H32O2/c1-4-18(2)17-20-7-15-24(16-8-20)27-25(26)23-13-11-22(12-14-23)21-9-5-19(3)6-10-21/h7-8,11-16,18-19,21H,4-6,9-10,17H2,1-3H3. The zero-order chi connectivity index (χ0) is 19.2. The van der Waals surface area contributed by atoms with Gasteiger partial charge in [-0.1, -0.05) is 64.3 Å². The lowest BCUT2D eigenvalue weighted by atomic mass is 9.79. The van der Waals surface area contributed by atoms with E-state index in [-0.39, 0.29) is 5.97 Å². The summed E-state index contributed by atoms with van der Waals surface area (Å²) in [4.78, 5) is 12.4. The van der Waals surface area contributed by atoms with Gasteiger partial charge in [-0.15, -0.1) is 0 Å². The van der Waals surface area contributed by atoms with E-state index in [4.69, 9.17) is 4.74 Å². The minimum Gasteiger partial charge on any atom is -0.423 e. The highest BCUT2D eigenvalue weighted by molar-refractivity contribution is 5.91. The molecule has 0 aliphatic heterocycles. The maximum Gasteiger partial charge on any atom is 0.343 e. The Morgan fingerprint density at radius 3 is 2.22 bits per heavy atom. The smallest absolute Gasteiger partial charge is 0.343 e. The molecule has 2 nitrogen and oxygen atoms in total. The zero-order valence-electron chi connectivity index (χ0n) is 16.9. The first-order valence-corrected chi connectivity index (χ1v) is 10.5. The number of hydrogen-bond donors (Lipinski definition) is 0. The lowest BCUT2D eigenvalue weighted by Crippen LogP contribution is -2.12. The van der Waals surface area contributed by atoms with Gasteiger partial charge >= 0.3 is 5.97 Å². The number of ether oxygens (including phenoxy) is 1. The van der Waals surface area contributed by atoms with Crippen LogP contribution in [0.4, 0.5) is 0 Å². The molecule has 2 aromatic carbocycles. The van der Waals surface area contributed by atoms with Crippen molar-refractivity contribution < 1.29 is 9.53 Å². The van der Waals surface area contributed by atoms with Crippen LogP contribution in [0.1, 0.15) is 80.3 Å². The Morgan fingerprint density at radius 2 is 1.63 bits per heavy atom. The van der Waals surface area contributed by atoms with Crippen molar-refractivity contribution in [3.63, 3.8) is 0 Å². The molecule has 0 N–H and O–H groups in total. The van der Waals surface area contributed by atoms with Gasteiger partial charge in [-0.3, -0.25) is 0 Å². The summed E-state index contributed by atoms with van der Waals surface area (Å²) in [5.74, 6) is 2.49. The molecule has 1 atom stereocenters. The highest BCUT2D eigenvalue weighted by atomic mass is 16.5. The van der Waals surface area contributed by atoms with E-state index in [2.05, 4.69) is 45.0 Å². The molecule has 0 heterocycles. The van der Waals surface area contributed by atoms with Crippen molar-refractivity contribution in [2.24, 2.45) is 11.8 Å². The SMILES string of the molecule is CCC(C)Cc1ccc(OC(=O)c2ccc(C3CCC(C)CC3)cc2)cc1. The van der Waals surface area contributed by atoms with Gasteiger partial charge < -0.3 is 4.74 Å². The quantitative estimate of drug-likeness (QED) is 0.417. The second-order valence-corrected chi connectivity index (χ2v) is 8.33. The van der Waals surface area contributed by atoms with E-state index in [1.165, 1.54) is 43.2 Å². The van der Waals surface area contributed by atoms with Crippen molar-refractivity contribution in [3.05, 3.63) is 65.2 Å². The minimum atomic E-state index is -0.284. The molecule has 2 heteroatoms. The van der Waals surface area contributed by atoms with Gasteiger partial charge in [0, 0.05) is 0 Å². The molecular formula is C25H32O2. The summed E-state index contributed by atoms with van der Waals surface area (Å²) in [5.41, 5.74) is 3.26. The Morgan fingerprint density at radius 1 is 1.00 bits per heavy atom. The average molecular weight is 365 g/mol. The van der Waals surface area contributed by atoms with Gasteiger partial charge in [0.2, 0.25) is 0 Å². The number of carbonyl (C=O) groups excluding carboxylic acids is 1. The summed E-state index contributed by atoms with van der Waals surface area (Å²) in [6, 6.07) is 15.9. The van der Waals surface area contributed by atoms with Crippen molar-refractivity contribution in [1.82, 2.24) is 0 Å². The molecule has 0 amide bonds. The molecule has 0 radical (unpaired) electrons. The molecule has 2 aromatic rings. The van der Waals surface area contributed by atoms with E-state index >= 15 is 0 Å². The van der Waals surface area contributed by atoms with Crippen LogP contribution < -0.4 is 4.74 Å². The van der Waals surface area contributed by atoms with E-state index in [0.29, 0.717) is 23.1 Å². The second-order valence-electron chi connectivity index (χ2n) is 8.33. The van der Waals surface area contributed by atoms with Crippen LogP contribution in [0.3, 0.4) is 0 Å². The lowest BCUT2D eigenvalue weighted by molar-refractivity contribution is 0.0734. The topological polar surface area (TPSA) is 26.3 Å². The Hall–Kier alpha value is -2.09.